The summed E-state index contributed by atoms with van der Waals surface area (Å²) in [5, 5.41) is 0. The van der Waals surface area contributed by atoms with E-state index in [4.69, 9.17) is 4.74 Å². The third-order valence-corrected chi connectivity index (χ3v) is 3.55. The Morgan fingerprint density at radius 3 is 2.70 bits per heavy atom. The van der Waals surface area contributed by atoms with E-state index in [9.17, 15) is 13.6 Å². The first-order valence-electron chi connectivity index (χ1n) is 5.82. The van der Waals surface area contributed by atoms with Crippen molar-refractivity contribution in [3.05, 3.63) is 63.6 Å². The third-order valence-electron chi connectivity index (χ3n) is 2.86. The van der Waals surface area contributed by atoms with Gasteiger partial charge in [-0.05, 0) is 29.8 Å². The first-order chi connectivity index (χ1) is 9.52. The van der Waals surface area contributed by atoms with Crippen molar-refractivity contribution in [1.82, 2.24) is 0 Å². The molecule has 0 saturated carbocycles. The summed E-state index contributed by atoms with van der Waals surface area (Å²) in [5.74, 6) is -1.74. The second-order valence-electron chi connectivity index (χ2n) is 4.16. The largest absolute Gasteiger partial charge is 0.497 e. The van der Waals surface area contributed by atoms with E-state index in [0.717, 1.165) is 6.07 Å². The van der Waals surface area contributed by atoms with Crippen molar-refractivity contribution in [1.29, 1.82) is 0 Å². The average molecular weight is 341 g/mol. The highest BCUT2D eigenvalue weighted by Crippen LogP contribution is 2.24. The molecule has 0 aliphatic rings. The Kier molecular flexibility index (Phi) is 4.49. The molecule has 0 aliphatic carbocycles. The van der Waals surface area contributed by atoms with Gasteiger partial charge in [0.05, 0.1) is 7.11 Å². The van der Waals surface area contributed by atoms with E-state index in [1.807, 2.05) is 0 Å². The van der Waals surface area contributed by atoms with Crippen LogP contribution in [0.4, 0.5) is 8.78 Å². The highest BCUT2D eigenvalue weighted by Gasteiger charge is 2.16. The van der Waals surface area contributed by atoms with Crippen LogP contribution in [0.5, 0.6) is 5.75 Å². The first kappa shape index (κ1) is 14.7. The van der Waals surface area contributed by atoms with Gasteiger partial charge in [-0.2, -0.15) is 0 Å². The summed E-state index contributed by atoms with van der Waals surface area (Å²) in [6.45, 7) is 0. The van der Waals surface area contributed by atoms with Crippen molar-refractivity contribution in [3.8, 4) is 5.75 Å². The summed E-state index contributed by atoms with van der Waals surface area (Å²) < 4.78 is 32.3. The van der Waals surface area contributed by atoms with Crippen molar-refractivity contribution in [2.75, 3.05) is 7.11 Å². The maximum atomic E-state index is 13.6. The fraction of sp³-hybridized carbons (Fsp3) is 0.133. The molecule has 0 aromatic heterocycles. The molecule has 0 heterocycles. The number of hydrogen-bond acceptors (Lipinski definition) is 2. The lowest BCUT2D eigenvalue weighted by molar-refractivity contribution is 0.0990. The summed E-state index contributed by atoms with van der Waals surface area (Å²) in [4.78, 5) is 12.2. The predicted octanol–water partition coefficient (Wildman–Crippen LogP) is 4.16. The first-order valence-corrected chi connectivity index (χ1v) is 6.62. The van der Waals surface area contributed by atoms with E-state index in [1.54, 1.807) is 18.2 Å². The van der Waals surface area contributed by atoms with Crippen LogP contribution in [-0.2, 0) is 6.42 Å². The predicted molar refractivity (Wildman–Crippen MR) is 75.1 cm³/mol. The molecule has 5 heteroatoms. The van der Waals surface area contributed by atoms with Gasteiger partial charge in [0, 0.05) is 16.5 Å². The summed E-state index contributed by atoms with van der Waals surface area (Å²) >= 11 is 3.26. The SMILES string of the molecule is COc1ccc(Br)c(C(=O)Cc2cccc(F)c2F)c1. The number of benzene rings is 2. The van der Waals surface area contributed by atoms with Gasteiger partial charge in [-0.1, -0.05) is 28.1 Å². The van der Waals surface area contributed by atoms with E-state index >= 15 is 0 Å². The van der Waals surface area contributed by atoms with Crippen LogP contribution in [0.25, 0.3) is 0 Å². The smallest absolute Gasteiger partial charge is 0.168 e. The Morgan fingerprint density at radius 1 is 1.25 bits per heavy atom. The topological polar surface area (TPSA) is 26.3 Å². The standard InChI is InChI=1S/C15H11BrF2O2/c1-20-10-5-6-12(16)11(8-10)14(19)7-9-3-2-4-13(17)15(9)18/h2-6,8H,7H2,1H3. The number of halogens is 3. The quantitative estimate of drug-likeness (QED) is 0.781. The molecule has 0 atom stereocenters. The van der Waals surface area contributed by atoms with E-state index in [0.29, 0.717) is 15.8 Å². The van der Waals surface area contributed by atoms with Crippen LogP contribution in [0.1, 0.15) is 15.9 Å². The van der Waals surface area contributed by atoms with Gasteiger partial charge in [-0.15, -0.1) is 0 Å². The van der Waals surface area contributed by atoms with Crippen molar-refractivity contribution >= 4 is 21.7 Å². The Morgan fingerprint density at radius 2 is 2.00 bits per heavy atom. The number of ketones is 1. The molecule has 2 aromatic carbocycles. The van der Waals surface area contributed by atoms with E-state index in [2.05, 4.69) is 15.9 Å². The van der Waals surface area contributed by atoms with E-state index in [1.165, 1.54) is 19.2 Å². The molecule has 0 bridgehead atoms. The van der Waals surface area contributed by atoms with Crippen LogP contribution >= 0.6 is 15.9 Å². The van der Waals surface area contributed by atoms with Crippen LogP contribution in [0.2, 0.25) is 0 Å². The molecule has 0 saturated heterocycles. The van der Waals surface area contributed by atoms with Gasteiger partial charge in [-0.3, -0.25) is 4.79 Å². The zero-order valence-corrected chi connectivity index (χ0v) is 12.2. The van der Waals surface area contributed by atoms with Crippen molar-refractivity contribution in [3.63, 3.8) is 0 Å². The Balaban J connectivity index is 2.30. The summed E-state index contributed by atoms with van der Waals surface area (Å²) in [5.41, 5.74) is 0.401. The minimum Gasteiger partial charge on any atom is -0.497 e. The fourth-order valence-electron chi connectivity index (χ4n) is 1.80. The lowest BCUT2D eigenvalue weighted by Crippen LogP contribution is -2.07. The van der Waals surface area contributed by atoms with E-state index in [-0.39, 0.29) is 17.8 Å². The molecule has 2 nitrogen and oxygen atoms in total. The summed E-state index contributed by atoms with van der Waals surface area (Å²) in [6, 6.07) is 8.72. The minimum absolute atomic E-state index is 0.0321. The van der Waals surface area contributed by atoms with Gasteiger partial charge in [-0.25, -0.2) is 8.78 Å². The molecule has 0 radical (unpaired) electrons. The molecule has 0 fully saturated rings. The molecule has 2 rings (SSSR count). The molecule has 0 unspecified atom stereocenters. The average Bonchev–Trinajstić information content (AvgIpc) is 2.44. The Hall–Kier alpha value is -1.75. The molecule has 0 N–H and O–H groups in total. The number of methoxy groups -OCH3 is 1. The van der Waals surface area contributed by atoms with Crippen molar-refractivity contribution < 1.29 is 18.3 Å². The number of carbonyl (C=O) groups excluding carboxylic acids is 1. The van der Waals surface area contributed by atoms with Gasteiger partial charge in [0.25, 0.3) is 0 Å². The lowest BCUT2D eigenvalue weighted by Gasteiger charge is -2.07. The Labute approximate surface area is 123 Å². The third kappa shape index (κ3) is 3.04. The maximum absolute atomic E-state index is 13.6. The van der Waals surface area contributed by atoms with Crippen LogP contribution in [0, 0.1) is 11.6 Å². The monoisotopic (exact) mass is 340 g/mol. The van der Waals surface area contributed by atoms with Gasteiger partial charge in [0.15, 0.2) is 17.4 Å². The molecule has 104 valence electrons. The number of Topliss-reactive ketones (excluding diaryl/α,β-unsaturated/α-hetero) is 1. The Bertz CT molecular complexity index is 656. The van der Waals surface area contributed by atoms with Crippen LogP contribution < -0.4 is 4.74 Å². The second kappa shape index (κ2) is 6.13. The van der Waals surface area contributed by atoms with Gasteiger partial charge in [0.1, 0.15) is 5.75 Å². The molecule has 0 spiro atoms. The highest BCUT2D eigenvalue weighted by atomic mass is 79.9. The fourth-order valence-corrected chi connectivity index (χ4v) is 2.27. The molecule has 0 aliphatic heterocycles. The van der Waals surface area contributed by atoms with E-state index < -0.39 is 11.6 Å². The maximum Gasteiger partial charge on any atom is 0.168 e. The van der Waals surface area contributed by atoms with Crippen LogP contribution in [0.3, 0.4) is 0 Å². The number of ether oxygens (including phenoxy) is 1. The number of carbonyl (C=O) groups is 1. The zero-order chi connectivity index (χ0) is 14.7. The lowest BCUT2D eigenvalue weighted by atomic mass is 10.0. The van der Waals surface area contributed by atoms with Gasteiger partial charge in [0.2, 0.25) is 0 Å². The molecule has 20 heavy (non-hydrogen) atoms. The molecule has 0 amide bonds. The molecular formula is C15H11BrF2O2. The number of rotatable bonds is 4. The van der Waals surface area contributed by atoms with Gasteiger partial charge < -0.3 is 4.74 Å². The van der Waals surface area contributed by atoms with Crippen molar-refractivity contribution in [2.45, 2.75) is 6.42 Å². The second-order valence-corrected chi connectivity index (χ2v) is 5.01. The summed E-state index contributed by atoms with van der Waals surface area (Å²) in [6.07, 6.45) is -0.213. The highest BCUT2D eigenvalue weighted by molar-refractivity contribution is 9.10. The van der Waals surface area contributed by atoms with Crippen LogP contribution in [-0.4, -0.2) is 12.9 Å². The summed E-state index contributed by atoms with van der Waals surface area (Å²) in [7, 11) is 1.49. The molecular weight excluding hydrogens is 330 g/mol. The van der Waals surface area contributed by atoms with Crippen molar-refractivity contribution in [2.24, 2.45) is 0 Å². The zero-order valence-electron chi connectivity index (χ0n) is 10.6. The van der Waals surface area contributed by atoms with Gasteiger partial charge >= 0.3 is 0 Å². The number of hydrogen-bond donors (Lipinski definition) is 0. The normalized spacial score (nSPS) is 10.4. The molecule has 2 aromatic rings. The van der Waals surface area contributed by atoms with Crippen LogP contribution in [0.15, 0.2) is 40.9 Å². The minimum atomic E-state index is -0.986.